The number of imidazole rings is 1. The second kappa shape index (κ2) is 7.40. The number of benzene rings is 1. The number of likely N-dealkylation sites (tertiary alicyclic amines) is 1. The highest BCUT2D eigenvalue weighted by molar-refractivity contribution is 5.75. The smallest absolute Gasteiger partial charge is 0.306 e. The normalized spacial score (nSPS) is 18.6. The fourth-order valence-corrected chi connectivity index (χ4v) is 4.67. The Morgan fingerprint density at radius 2 is 1.93 bits per heavy atom. The molecule has 2 N–H and O–H groups in total. The number of allylic oxidation sites excluding steroid dienone is 2. The van der Waals surface area contributed by atoms with Crippen molar-refractivity contribution in [1.82, 2.24) is 19.9 Å². The van der Waals surface area contributed by atoms with Gasteiger partial charge in [-0.15, -0.1) is 0 Å². The van der Waals surface area contributed by atoms with E-state index >= 15 is 0 Å². The molecule has 3 heterocycles. The molecule has 5 rings (SSSR count). The lowest BCUT2D eigenvalue weighted by atomic mass is 9.89. The van der Waals surface area contributed by atoms with E-state index < -0.39 is 0 Å². The topological polar surface area (TPSA) is 64.8 Å². The lowest BCUT2D eigenvalue weighted by molar-refractivity contribution is 0.204. The number of pyridine rings is 1. The molecule has 1 aliphatic carbocycles. The predicted molar refractivity (Wildman–Crippen MR) is 112 cm³/mol. The highest BCUT2D eigenvalue weighted by atomic mass is 16.1. The average molecular weight is 374 g/mol. The molecule has 2 aromatic heterocycles. The first-order chi connectivity index (χ1) is 13.7. The number of H-pyrrole nitrogens is 2. The molecule has 1 fully saturated rings. The van der Waals surface area contributed by atoms with E-state index in [2.05, 4.69) is 44.1 Å². The summed E-state index contributed by atoms with van der Waals surface area (Å²) in [7, 11) is 0. The van der Waals surface area contributed by atoms with Crippen molar-refractivity contribution in [1.29, 1.82) is 0 Å². The van der Waals surface area contributed by atoms with E-state index in [0.717, 1.165) is 43.5 Å². The Morgan fingerprint density at radius 1 is 1.07 bits per heavy atom. The minimum atomic E-state index is -0.133. The minimum Gasteiger partial charge on any atom is -0.306 e. The third kappa shape index (κ3) is 3.54. The highest BCUT2D eigenvalue weighted by Crippen LogP contribution is 2.31. The van der Waals surface area contributed by atoms with Crippen LogP contribution in [0.4, 0.5) is 0 Å². The Bertz CT molecular complexity index is 1070. The Hall–Kier alpha value is -2.66. The number of nitrogens with one attached hydrogen (secondary N) is 2. The number of hydrogen-bond donors (Lipinski definition) is 2. The van der Waals surface area contributed by atoms with Gasteiger partial charge in [0.15, 0.2) is 0 Å². The zero-order valence-corrected chi connectivity index (χ0v) is 16.1. The van der Waals surface area contributed by atoms with E-state index in [9.17, 15) is 4.79 Å². The van der Waals surface area contributed by atoms with Crippen molar-refractivity contribution >= 4 is 16.6 Å². The molecule has 1 aliphatic heterocycles. The van der Waals surface area contributed by atoms with Gasteiger partial charge in [-0.2, -0.15) is 0 Å². The molecule has 0 saturated carbocycles. The number of fused-ring (bicyclic) bond motifs is 1. The lowest BCUT2D eigenvalue weighted by Gasteiger charge is -2.32. The van der Waals surface area contributed by atoms with E-state index in [1.165, 1.54) is 41.5 Å². The molecule has 3 aromatic rings. The molecule has 2 aliphatic rings. The molecule has 1 saturated heterocycles. The molecule has 0 bridgehead atoms. The number of aromatic nitrogens is 3. The van der Waals surface area contributed by atoms with Crippen LogP contribution in [0.5, 0.6) is 0 Å². The predicted octanol–water partition coefficient (Wildman–Crippen LogP) is 4.20. The zero-order valence-electron chi connectivity index (χ0n) is 16.1. The van der Waals surface area contributed by atoms with Crippen LogP contribution in [0.25, 0.3) is 16.6 Å². The van der Waals surface area contributed by atoms with Crippen molar-refractivity contribution in [2.45, 2.75) is 44.6 Å². The molecule has 28 heavy (non-hydrogen) atoms. The summed E-state index contributed by atoms with van der Waals surface area (Å²) in [5, 5.41) is 0. The Labute approximate surface area is 164 Å². The second-order valence-electron chi connectivity index (χ2n) is 8.14. The van der Waals surface area contributed by atoms with Crippen LogP contribution >= 0.6 is 0 Å². The summed E-state index contributed by atoms with van der Waals surface area (Å²) in [4.78, 5) is 24.2. The second-order valence-corrected chi connectivity index (χ2v) is 8.14. The van der Waals surface area contributed by atoms with Crippen molar-refractivity contribution in [3.05, 3.63) is 69.9 Å². The molecule has 5 nitrogen and oxygen atoms in total. The van der Waals surface area contributed by atoms with Crippen molar-refractivity contribution in [2.24, 2.45) is 0 Å². The van der Waals surface area contributed by atoms with Gasteiger partial charge in [-0.1, -0.05) is 12.1 Å². The molecule has 144 valence electrons. The standard InChI is InChI=1S/C23H26N4O/c28-23-25-21-6-5-19(12-22(21)26-23)18-7-9-27(10-8-18)15-16-11-20(14-24-13-16)17-3-1-2-4-17/h3,5-6,11-14,18H,1-2,4,7-10,15H2,(H2,25,26,28). The molecule has 0 atom stereocenters. The monoisotopic (exact) mass is 374 g/mol. The summed E-state index contributed by atoms with van der Waals surface area (Å²) in [6.45, 7) is 3.17. The van der Waals surface area contributed by atoms with E-state index in [1.54, 1.807) is 0 Å². The van der Waals surface area contributed by atoms with Crippen LogP contribution < -0.4 is 5.69 Å². The van der Waals surface area contributed by atoms with Crippen molar-refractivity contribution in [3.63, 3.8) is 0 Å². The molecule has 0 unspecified atom stereocenters. The van der Waals surface area contributed by atoms with Crippen LogP contribution in [0.3, 0.4) is 0 Å². The zero-order chi connectivity index (χ0) is 18.9. The van der Waals surface area contributed by atoms with Crippen LogP contribution in [0.2, 0.25) is 0 Å². The van der Waals surface area contributed by atoms with E-state index in [4.69, 9.17) is 0 Å². The van der Waals surface area contributed by atoms with Crippen LogP contribution in [0.1, 0.15) is 54.7 Å². The Morgan fingerprint density at radius 3 is 2.75 bits per heavy atom. The maximum absolute atomic E-state index is 11.5. The fourth-order valence-electron chi connectivity index (χ4n) is 4.67. The summed E-state index contributed by atoms with van der Waals surface area (Å²) >= 11 is 0. The Balaban J connectivity index is 1.23. The van der Waals surface area contributed by atoms with E-state index in [1.807, 2.05) is 18.5 Å². The maximum atomic E-state index is 11.5. The third-order valence-electron chi connectivity index (χ3n) is 6.21. The van der Waals surface area contributed by atoms with Gasteiger partial charge in [-0.3, -0.25) is 9.88 Å². The lowest BCUT2D eigenvalue weighted by Crippen LogP contribution is -2.32. The van der Waals surface area contributed by atoms with Gasteiger partial charge in [0.1, 0.15) is 0 Å². The van der Waals surface area contributed by atoms with Crippen molar-refractivity contribution in [3.8, 4) is 0 Å². The van der Waals surface area contributed by atoms with Gasteiger partial charge in [-0.25, -0.2) is 4.79 Å². The average Bonchev–Trinajstić information content (AvgIpc) is 3.37. The maximum Gasteiger partial charge on any atom is 0.323 e. The SMILES string of the molecule is O=c1[nH]c2ccc(C3CCN(Cc4cncc(C5=CCCC5)c4)CC3)cc2[nH]1. The number of nitrogens with zero attached hydrogens (tertiary/aromatic N) is 2. The molecule has 0 radical (unpaired) electrons. The van der Waals surface area contributed by atoms with Crippen molar-refractivity contribution in [2.75, 3.05) is 13.1 Å². The number of rotatable bonds is 4. The van der Waals surface area contributed by atoms with E-state index in [0.29, 0.717) is 5.92 Å². The van der Waals surface area contributed by atoms with Crippen LogP contribution in [0.15, 0.2) is 47.5 Å². The molecule has 0 amide bonds. The van der Waals surface area contributed by atoms with Crippen LogP contribution in [-0.4, -0.2) is 32.9 Å². The van der Waals surface area contributed by atoms with Gasteiger partial charge < -0.3 is 9.97 Å². The first-order valence-electron chi connectivity index (χ1n) is 10.3. The first kappa shape index (κ1) is 17.4. The molecule has 5 heteroatoms. The Kier molecular flexibility index (Phi) is 4.61. The van der Waals surface area contributed by atoms with Gasteiger partial charge >= 0.3 is 5.69 Å². The summed E-state index contributed by atoms with van der Waals surface area (Å²) in [6.07, 6.45) is 12.4. The summed E-state index contributed by atoms with van der Waals surface area (Å²) < 4.78 is 0. The highest BCUT2D eigenvalue weighted by Gasteiger charge is 2.21. The van der Waals surface area contributed by atoms with Crippen LogP contribution in [-0.2, 0) is 6.54 Å². The van der Waals surface area contributed by atoms with E-state index in [-0.39, 0.29) is 5.69 Å². The summed E-state index contributed by atoms with van der Waals surface area (Å²) in [5.41, 5.74) is 7.08. The number of hydrogen-bond acceptors (Lipinski definition) is 3. The summed E-state index contributed by atoms with van der Waals surface area (Å²) in [6, 6.07) is 8.64. The number of piperidine rings is 1. The quantitative estimate of drug-likeness (QED) is 0.719. The van der Waals surface area contributed by atoms with Crippen molar-refractivity contribution < 1.29 is 0 Å². The van der Waals surface area contributed by atoms with Crippen LogP contribution in [0, 0.1) is 0 Å². The molecule has 1 aromatic carbocycles. The van der Waals surface area contributed by atoms with Gasteiger partial charge in [-0.05, 0) is 91.6 Å². The van der Waals surface area contributed by atoms with Gasteiger partial charge in [0.05, 0.1) is 11.0 Å². The number of aromatic amines is 2. The van der Waals surface area contributed by atoms with Gasteiger partial charge in [0.2, 0.25) is 0 Å². The first-order valence-corrected chi connectivity index (χ1v) is 10.3. The molecular weight excluding hydrogens is 348 g/mol. The molecule has 0 spiro atoms. The molecular formula is C23H26N4O. The fraction of sp³-hybridized carbons (Fsp3) is 0.391. The summed E-state index contributed by atoms with van der Waals surface area (Å²) in [5.74, 6) is 0.562. The minimum absolute atomic E-state index is 0.133. The third-order valence-corrected chi connectivity index (χ3v) is 6.21. The van der Waals surface area contributed by atoms with Gasteiger partial charge in [0.25, 0.3) is 0 Å². The largest absolute Gasteiger partial charge is 0.323 e. The van der Waals surface area contributed by atoms with Gasteiger partial charge in [0, 0.05) is 18.9 Å².